The molecule has 1 aliphatic rings. The van der Waals surface area contributed by atoms with Crippen molar-refractivity contribution < 1.29 is 0 Å². The zero-order chi connectivity index (χ0) is 20.3. The minimum absolute atomic E-state index is 0.711. The highest BCUT2D eigenvalue weighted by Crippen LogP contribution is 2.36. The van der Waals surface area contributed by atoms with E-state index >= 15 is 0 Å². The molecule has 2 aromatic rings. The summed E-state index contributed by atoms with van der Waals surface area (Å²) in [5.41, 5.74) is 4.93. The number of rotatable bonds is 5. The van der Waals surface area contributed by atoms with Gasteiger partial charge >= 0.3 is 0 Å². The summed E-state index contributed by atoms with van der Waals surface area (Å²) in [5.74, 6) is 14.9. The van der Waals surface area contributed by atoms with Crippen molar-refractivity contribution in [3.63, 3.8) is 0 Å². The highest BCUT2D eigenvalue weighted by molar-refractivity contribution is 5.44. The van der Waals surface area contributed by atoms with Crippen LogP contribution in [0.2, 0.25) is 0 Å². The van der Waals surface area contributed by atoms with Crippen molar-refractivity contribution in [2.75, 3.05) is 0 Å². The van der Waals surface area contributed by atoms with Gasteiger partial charge in [0.25, 0.3) is 0 Å². The van der Waals surface area contributed by atoms with Gasteiger partial charge in [0.15, 0.2) is 0 Å². The lowest BCUT2D eigenvalue weighted by atomic mass is 9.77. The minimum Gasteiger partial charge on any atom is -0.103 e. The Morgan fingerprint density at radius 3 is 2.00 bits per heavy atom. The SMILES string of the molecule is CCCCCC#CCC1CCC(c2ccc(C#Cc3ccc(C)cc3)cc2)CC1. The Kier molecular flexibility index (Phi) is 8.46. The summed E-state index contributed by atoms with van der Waals surface area (Å²) < 4.78 is 0. The van der Waals surface area contributed by atoms with E-state index in [0.717, 1.165) is 29.9 Å². The van der Waals surface area contributed by atoms with Crippen LogP contribution in [0.25, 0.3) is 0 Å². The van der Waals surface area contributed by atoms with E-state index in [1.54, 1.807) is 0 Å². The molecule has 0 heteroatoms. The van der Waals surface area contributed by atoms with Crippen LogP contribution in [0.4, 0.5) is 0 Å². The van der Waals surface area contributed by atoms with Crippen LogP contribution in [0, 0.1) is 36.5 Å². The van der Waals surface area contributed by atoms with Crippen LogP contribution in [-0.2, 0) is 0 Å². The fourth-order valence-electron chi connectivity index (χ4n) is 4.09. The van der Waals surface area contributed by atoms with Crippen molar-refractivity contribution in [2.24, 2.45) is 5.92 Å². The van der Waals surface area contributed by atoms with Gasteiger partial charge in [-0.25, -0.2) is 0 Å². The monoisotopic (exact) mass is 382 g/mol. The Labute approximate surface area is 178 Å². The summed E-state index contributed by atoms with van der Waals surface area (Å²) in [6.45, 7) is 4.35. The van der Waals surface area contributed by atoms with Crippen LogP contribution in [0.15, 0.2) is 48.5 Å². The third-order valence-corrected chi connectivity index (χ3v) is 6.05. The molecule has 1 saturated carbocycles. The molecular formula is C29H34. The molecule has 0 saturated heterocycles. The fourth-order valence-corrected chi connectivity index (χ4v) is 4.09. The number of unbranched alkanes of at least 4 members (excludes halogenated alkanes) is 3. The molecule has 0 radical (unpaired) electrons. The maximum absolute atomic E-state index is 3.44. The van der Waals surface area contributed by atoms with E-state index in [1.807, 2.05) is 0 Å². The molecular weight excluding hydrogens is 348 g/mol. The molecule has 0 amide bonds. The van der Waals surface area contributed by atoms with E-state index in [0.29, 0.717) is 5.92 Å². The summed E-state index contributed by atoms with van der Waals surface area (Å²) in [4.78, 5) is 0. The molecule has 0 bridgehead atoms. The highest BCUT2D eigenvalue weighted by Gasteiger charge is 2.21. The molecule has 0 spiro atoms. The molecule has 29 heavy (non-hydrogen) atoms. The zero-order valence-corrected chi connectivity index (χ0v) is 18.1. The first-order chi connectivity index (χ1) is 14.2. The van der Waals surface area contributed by atoms with Crippen LogP contribution < -0.4 is 0 Å². The van der Waals surface area contributed by atoms with Crippen LogP contribution in [0.3, 0.4) is 0 Å². The smallest absolute Gasteiger partial charge is 0.0249 e. The van der Waals surface area contributed by atoms with Gasteiger partial charge in [0.2, 0.25) is 0 Å². The predicted molar refractivity (Wildman–Crippen MR) is 125 cm³/mol. The lowest BCUT2D eigenvalue weighted by Gasteiger charge is -2.27. The van der Waals surface area contributed by atoms with Crippen molar-refractivity contribution >= 4 is 0 Å². The Bertz CT molecular complexity index is 854. The number of hydrogen-bond acceptors (Lipinski definition) is 0. The molecule has 3 rings (SSSR count). The molecule has 150 valence electrons. The first kappa shape index (κ1) is 21.3. The highest BCUT2D eigenvalue weighted by atomic mass is 14.3. The quantitative estimate of drug-likeness (QED) is 0.368. The number of aryl methyl sites for hydroxylation is 1. The van der Waals surface area contributed by atoms with Crippen molar-refractivity contribution in [3.8, 4) is 23.7 Å². The summed E-state index contributed by atoms with van der Waals surface area (Å²) in [5, 5.41) is 0. The van der Waals surface area contributed by atoms with Gasteiger partial charge in [-0.15, -0.1) is 11.8 Å². The lowest BCUT2D eigenvalue weighted by Crippen LogP contribution is -2.12. The maximum Gasteiger partial charge on any atom is 0.0249 e. The molecule has 0 heterocycles. The van der Waals surface area contributed by atoms with Crippen LogP contribution in [-0.4, -0.2) is 0 Å². The molecule has 0 nitrogen and oxygen atoms in total. The predicted octanol–water partition coefficient (Wildman–Crippen LogP) is 7.64. The van der Waals surface area contributed by atoms with E-state index in [1.165, 1.54) is 56.1 Å². The van der Waals surface area contributed by atoms with Crippen LogP contribution in [0.1, 0.15) is 92.9 Å². The molecule has 1 fully saturated rings. The summed E-state index contributed by atoms with van der Waals surface area (Å²) in [6.07, 6.45) is 11.3. The average molecular weight is 383 g/mol. The third kappa shape index (κ3) is 7.15. The third-order valence-electron chi connectivity index (χ3n) is 6.05. The van der Waals surface area contributed by atoms with Gasteiger partial charge in [0, 0.05) is 24.0 Å². The van der Waals surface area contributed by atoms with Crippen molar-refractivity contribution in [1.82, 2.24) is 0 Å². The summed E-state index contributed by atoms with van der Waals surface area (Å²) >= 11 is 0. The van der Waals surface area contributed by atoms with Crippen molar-refractivity contribution in [2.45, 2.75) is 77.6 Å². The molecule has 0 aromatic heterocycles. The second-order valence-corrected chi connectivity index (χ2v) is 8.47. The number of hydrogen-bond donors (Lipinski definition) is 0. The normalized spacial score (nSPS) is 18.3. The van der Waals surface area contributed by atoms with Gasteiger partial charge < -0.3 is 0 Å². The van der Waals surface area contributed by atoms with Gasteiger partial charge in [-0.05, 0) is 80.7 Å². The largest absolute Gasteiger partial charge is 0.103 e. The van der Waals surface area contributed by atoms with E-state index in [4.69, 9.17) is 0 Å². The Hall–Kier alpha value is -2.44. The second-order valence-electron chi connectivity index (χ2n) is 8.47. The van der Waals surface area contributed by atoms with E-state index in [9.17, 15) is 0 Å². The average Bonchev–Trinajstić information content (AvgIpc) is 2.77. The summed E-state index contributed by atoms with van der Waals surface area (Å²) in [6, 6.07) is 17.3. The molecule has 0 unspecified atom stereocenters. The van der Waals surface area contributed by atoms with E-state index in [-0.39, 0.29) is 0 Å². The molecule has 0 N–H and O–H groups in total. The molecule has 0 aliphatic heterocycles. The Morgan fingerprint density at radius 1 is 0.759 bits per heavy atom. The Morgan fingerprint density at radius 2 is 1.38 bits per heavy atom. The lowest BCUT2D eigenvalue weighted by molar-refractivity contribution is 0.331. The Balaban J connectivity index is 1.46. The van der Waals surface area contributed by atoms with Gasteiger partial charge in [-0.1, -0.05) is 61.4 Å². The topological polar surface area (TPSA) is 0 Å². The summed E-state index contributed by atoms with van der Waals surface area (Å²) in [7, 11) is 0. The second kappa shape index (κ2) is 11.5. The van der Waals surface area contributed by atoms with Gasteiger partial charge in [-0.2, -0.15) is 0 Å². The first-order valence-corrected chi connectivity index (χ1v) is 11.4. The molecule has 0 atom stereocenters. The van der Waals surface area contributed by atoms with Crippen molar-refractivity contribution in [1.29, 1.82) is 0 Å². The van der Waals surface area contributed by atoms with Crippen molar-refractivity contribution in [3.05, 3.63) is 70.8 Å². The molecule has 2 aromatic carbocycles. The molecule has 1 aliphatic carbocycles. The van der Waals surface area contributed by atoms with E-state index < -0.39 is 0 Å². The van der Waals surface area contributed by atoms with E-state index in [2.05, 4.69) is 86.1 Å². The van der Waals surface area contributed by atoms with Crippen LogP contribution in [0.5, 0.6) is 0 Å². The standard InChI is InChI=1S/C29H34/c1-3-4-5-6-7-8-9-25-16-20-28(21-17-25)29-22-18-27(19-23-29)15-14-26-12-10-24(2)11-13-26/h10-13,18-19,22-23,25,28H,3-6,9,16-17,20-21H2,1-2H3. The van der Waals surface area contributed by atoms with Gasteiger partial charge in [0.05, 0.1) is 0 Å². The minimum atomic E-state index is 0.711. The van der Waals surface area contributed by atoms with Gasteiger partial charge in [-0.3, -0.25) is 0 Å². The first-order valence-electron chi connectivity index (χ1n) is 11.4. The van der Waals surface area contributed by atoms with Crippen LogP contribution >= 0.6 is 0 Å². The maximum atomic E-state index is 3.44. The fraction of sp³-hybridized carbons (Fsp3) is 0.448. The zero-order valence-electron chi connectivity index (χ0n) is 18.1. The van der Waals surface area contributed by atoms with Gasteiger partial charge in [0.1, 0.15) is 0 Å². The number of benzene rings is 2.